The molecule has 7 nitrogen and oxygen atoms in total. The van der Waals surface area contributed by atoms with E-state index in [4.69, 9.17) is 0 Å². The molecule has 1 aliphatic heterocycles. The van der Waals surface area contributed by atoms with Crippen LogP contribution in [0.5, 0.6) is 0 Å². The molecule has 0 amide bonds. The second-order valence-corrected chi connectivity index (χ2v) is 4.66. The molecule has 0 unspecified atom stereocenters. The normalized spacial score (nSPS) is 20.3. The molecular formula is C11H17N7. The van der Waals surface area contributed by atoms with Gasteiger partial charge in [-0.1, -0.05) is 0 Å². The average molecular weight is 247 g/mol. The Morgan fingerprint density at radius 1 is 1.44 bits per heavy atom. The zero-order valence-corrected chi connectivity index (χ0v) is 10.6. The number of nitrogens with one attached hydrogen (secondary N) is 2. The maximum atomic E-state index is 4.51. The lowest BCUT2D eigenvalue weighted by Gasteiger charge is -2.30. The van der Waals surface area contributed by atoms with Gasteiger partial charge in [0, 0.05) is 38.9 Å². The second-order valence-electron chi connectivity index (χ2n) is 4.66. The molecule has 1 aliphatic rings. The Kier molecular flexibility index (Phi) is 2.75. The quantitative estimate of drug-likeness (QED) is 0.781. The van der Waals surface area contributed by atoms with Gasteiger partial charge in [-0.05, 0) is 13.0 Å². The summed E-state index contributed by atoms with van der Waals surface area (Å²) in [6.07, 6.45) is 1.89. The molecule has 3 heterocycles. The predicted molar refractivity (Wildman–Crippen MR) is 68.3 cm³/mol. The Hall–Kier alpha value is -1.89. The molecule has 3 rings (SSSR count). The molecule has 1 atom stereocenters. The van der Waals surface area contributed by atoms with E-state index in [0.717, 1.165) is 37.1 Å². The molecule has 7 heteroatoms. The van der Waals surface area contributed by atoms with Crippen molar-refractivity contribution in [2.24, 2.45) is 7.05 Å². The maximum absolute atomic E-state index is 4.51. The first-order valence-corrected chi connectivity index (χ1v) is 6.13. The van der Waals surface area contributed by atoms with E-state index in [0.29, 0.717) is 6.04 Å². The average Bonchev–Trinajstić information content (AvgIpc) is 2.97. The molecule has 0 bridgehead atoms. The fraction of sp³-hybridized carbons (Fsp3) is 0.545. The van der Waals surface area contributed by atoms with Crippen LogP contribution in [0.3, 0.4) is 0 Å². The summed E-state index contributed by atoms with van der Waals surface area (Å²) >= 11 is 0. The zero-order chi connectivity index (χ0) is 12.5. The molecule has 1 fully saturated rings. The highest BCUT2D eigenvalue weighted by Gasteiger charge is 2.19. The summed E-state index contributed by atoms with van der Waals surface area (Å²) in [5, 5.41) is 14.9. The fourth-order valence-corrected chi connectivity index (χ4v) is 2.16. The zero-order valence-electron chi connectivity index (χ0n) is 10.6. The standard InChI is InChI=1S/C11H17N7/c1-8-7-18(6-4-12-8)11-13-10(14-15-11)9-3-5-17(2)16-9/h3,5,8,12H,4,6-7H2,1-2H3,(H,13,14,15)/t8-/m0/s1. The van der Waals surface area contributed by atoms with E-state index >= 15 is 0 Å². The van der Waals surface area contributed by atoms with Crippen LogP contribution in [0, 0.1) is 0 Å². The van der Waals surface area contributed by atoms with Crippen molar-refractivity contribution in [1.29, 1.82) is 0 Å². The number of hydrogen-bond acceptors (Lipinski definition) is 5. The number of H-pyrrole nitrogens is 1. The van der Waals surface area contributed by atoms with Crippen LogP contribution >= 0.6 is 0 Å². The minimum atomic E-state index is 0.468. The number of rotatable bonds is 2. The van der Waals surface area contributed by atoms with E-state index in [1.165, 1.54) is 0 Å². The van der Waals surface area contributed by atoms with E-state index in [1.807, 2.05) is 19.3 Å². The predicted octanol–water partition coefficient (Wildman–Crippen LogP) is 0.00330. The van der Waals surface area contributed by atoms with Crippen LogP contribution in [0.4, 0.5) is 5.95 Å². The Morgan fingerprint density at radius 2 is 2.33 bits per heavy atom. The van der Waals surface area contributed by atoms with Crippen molar-refractivity contribution < 1.29 is 0 Å². The van der Waals surface area contributed by atoms with E-state index in [2.05, 4.69) is 37.4 Å². The summed E-state index contributed by atoms with van der Waals surface area (Å²) in [4.78, 5) is 6.69. The molecule has 1 saturated heterocycles. The highest BCUT2D eigenvalue weighted by Crippen LogP contribution is 2.16. The lowest BCUT2D eigenvalue weighted by atomic mass is 10.2. The van der Waals surface area contributed by atoms with Gasteiger partial charge < -0.3 is 10.2 Å². The summed E-state index contributed by atoms with van der Waals surface area (Å²) in [7, 11) is 1.89. The minimum absolute atomic E-state index is 0.468. The van der Waals surface area contributed by atoms with Crippen molar-refractivity contribution in [1.82, 2.24) is 30.3 Å². The molecule has 0 saturated carbocycles. The number of anilines is 1. The van der Waals surface area contributed by atoms with Crippen LogP contribution < -0.4 is 10.2 Å². The van der Waals surface area contributed by atoms with Gasteiger partial charge in [-0.2, -0.15) is 10.1 Å². The van der Waals surface area contributed by atoms with Crippen molar-refractivity contribution in [2.75, 3.05) is 24.5 Å². The lowest BCUT2D eigenvalue weighted by molar-refractivity contribution is 0.480. The van der Waals surface area contributed by atoms with Gasteiger partial charge in [-0.3, -0.25) is 9.78 Å². The smallest absolute Gasteiger partial charge is 0.245 e. The van der Waals surface area contributed by atoms with Crippen molar-refractivity contribution in [3.8, 4) is 11.5 Å². The van der Waals surface area contributed by atoms with Gasteiger partial charge in [0.2, 0.25) is 5.95 Å². The molecule has 2 aromatic heterocycles. The van der Waals surface area contributed by atoms with Gasteiger partial charge in [0.15, 0.2) is 5.82 Å². The van der Waals surface area contributed by atoms with Gasteiger partial charge in [-0.15, -0.1) is 5.10 Å². The topological polar surface area (TPSA) is 74.7 Å². The lowest BCUT2D eigenvalue weighted by Crippen LogP contribution is -2.49. The van der Waals surface area contributed by atoms with Crippen LogP contribution in [-0.2, 0) is 7.05 Å². The summed E-state index contributed by atoms with van der Waals surface area (Å²) in [5.41, 5.74) is 0.819. The number of nitrogens with zero attached hydrogens (tertiary/aromatic N) is 5. The number of hydrogen-bond donors (Lipinski definition) is 2. The molecule has 2 N–H and O–H groups in total. The number of piperazine rings is 1. The Morgan fingerprint density at radius 3 is 3.06 bits per heavy atom. The summed E-state index contributed by atoms with van der Waals surface area (Å²) in [6, 6.07) is 2.39. The second kappa shape index (κ2) is 4.41. The molecule has 18 heavy (non-hydrogen) atoms. The Bertz CT molecular complexity index is 529. The maximum Gasteiger partial charge on any atom is 0.245 e. The molecule has 0 spiro atoms. The van der Waals surface area contributed by atoms with Gasteiger partial charge >= 0.3 is 0 Å². The highest BCUT2D eigenvalue weighted by molar-refractivity contribution is 5.50. The molecule has 0 radical (unpaired) electrons. The van der Waals surface area contributed by atoms with Gasteiger partial charge in [-0.25, -0.2) is 0 Å². The molecule has 2 aromatic rings. The Labute approximate surface area is 105 Å². The molecular weight excluding hydrogens is 230 g/mol. The summed E-state index contributed by atoms with van der Waals surface area (Å²) in [5.74, 6) is 1.47. The van der Waals surface area contributed by atoms with E-state index in [1.54, 1.807) is 4.68 Å². The van der Waals surface area contributed by atoms with Crippen LogP contribution in [0.1, 0.15) is 6.92 Å². The van der Waals surface area contributed by atoms with Crippen LogP contribution in [0.2, 0.25) is 0 Å². The minimum Gasteiger partial charge on any atom is -0.337 e. The largest absolute Gasteiger partial charge is 0.337 e. The van der Waals surface area contributed by atoms with Crippen LogP contribution in [-0.4, -0.2) is 50.6 Å². The number of aromatic nitrogens is 5. The third-order valence-electron chi connectivity index (χ3n) is 3.08. The van der Waals surface area contributed by atoms with Gasteiger partial charge in [0.25, 0.3) is 0 Å². The van der Waals surface area contributed by atoms with E-state index in [9.17, 15) is 0 Å². The monoisotopic (exact) mass is 247 g/mol. The first kappa shape index (κ1) is 11.2. The molecule has 96 valence electrons. The van der Waals surface area contributed by atoms with E-state index < -0.39 is 0 Å². The van der Waals surface area contributed by atoms with Crippen molar-refractivity contribution in [3.05, 3.63) is 12.3 Å². The summed E-state index contributed by atoms with van der Waals surface area (Å²) < 4.78 is 1.75. The first-order chi connectivity index (χ1) is 8.72. The van der Waals surface area contributed by atoms with Crippen molar-refractivity contribution in [3.63, 3.8) is 0 Å². The molecule has 0 aliphatic carbocycles. The third-order valence-corrected chi connectivity index (χ3v) is 3.08. The van der Waals surface area contributed by atoms with Crippen molar-refractivity contribution >= 4 is 5.95 Å². The van der Waals surface area contributed by atoms with Gasteiger partial charge in [0.1, 0.15) is 5.69 Å². The van der Waals surface area contributed by atoms with E-state index in [-0.39, 0.29) is 0 Å². The fourth-order valence-electron chi connectivity index (χ4n) is 2.16. The van der Waals surface area contributed by atoms with Gasteiger partial charge in [0.05, 0.1) is 0 Å². The number of aryl methyl sites for hydroxylation is 1. The van der Waals surface area contributed by atoms with Crippen LogP contribution in [0.25, 0.3) is 11.5 Å². The third kappa shape index (κ3) is 2.08. The SMILES string of the molecule is C[C@H]1CN(c2n[nH]c(-c3ccn(C)n3)n2)CCN1. The van der Waals surface area contributed by atoms with Crippen LogP contribution in [0.15, 0.2) is 12.3 Å². The Balaban J connectivity index is 1.80. The number of aromatic amines is 1. The highest BCUT2D eigenvalue weighted by atomic mass is 15.4. The summed E-state index contributed by atoms with van der Waals surface area (Å²) in [6.45, 7) is 5.00. The first-order valence-electron chi connectivity index (χ1n) is 6.13. The molecule has 0 aromatic carbocycles. The van der Waals surface area contributed by atoms with Crippen molar-refractivity contribution in [2.45, 2.75) is 13.0 Å².